The molecule has 0 bridgehead atoms. The lowest BCUT2D eigenvalue weighted by Crippen LogP contribution is -2.23. The Kier molecular flexibility index (Phi) is 5.35. The van der Waals surface area contributed by atoms with Crippen molar-refractivity contribution in [3.63, 3.8) is 0 Å². The normalized spacial score (nSPS) is 12.5. The van der Waals surface area contributed by atoms with Gasteiger partial charge >= 0.3 is 5.97 Å². The number of hydrogen-bond donors (Lipinski definition) is 2. The number of amides is 1. The summed E-state index contributed by atoms with van der Waals surface area (Å²) in [5, 5.41) is 12.8. The Morgan fingerprint density at radius 1 is 1.10 bits per heavy atom. The van der Waals surface area contributed by atoms with Crippen molar-refractivity contribution in [1.82, 2.24) is 15.2 Å². The summed E-state index contributed by atoms with van der Waals surface area (Å²) in [5.41, 5.74) is 3.26. The largest absolute Gasteiger partial charge is 0.478 e. The molecule has 146 valence electrons. The van der Waals surface area contributed by atoms with Crippen molar-refractivity contribution in [3.05, 3.63) is 82.0 Å². The molecule has 0 fully saturated rings. The number of fused-ring (bicyclic) bond motifs is 1. The van der Waals surface area contributed by atoms with Crippen LogP contribution in [0, 0.1) is 0 Å². The van der Waals surface area contributed by atoms with E-state index >= 15 is 0 Å². The molecule has 29 heavy (non-hydrogen) atoms. The summed E-state index contributed by atoms with van der Waals surface area (Å²) in [6, 6.07) is 12.4. The summed E-state index contributed by atoms with van der Waals surface area (Å²) < 4.78 is 0. The highest BCUT2D eigenvalue weighted by molar-refractivity contribution is 7.17. The number of carboxylic acids is 1. The Morgan fingerprint density at radius 3 is 2.59 bits per heavy atom. The molecule has 4 rings (SSSR count). The number of nitrogens with one attached hydrogen (secondary N) is 1. The number of thiophene rings is 1. The lowest BCUT2D eigenvalue weighted by molar-refractivity contribution is 0.0696. The van der Waals surface area contributed by atoms with E-state index in [1.807, 2.05) is 23.1 Å². The van der Waals surface area contributed by atoms with Crippen LogP contribution in [0.5, 0.6) is 0 Å². The number of carboxylic acid groups (broad SMARTS) is 1. The standard InChI is InChI=1S/C21H18N4O3S/c26-19(23-10-14-5-7-22-8-6-14)18-9-17-12-25(13-24-20(17)29-18)11-15-1-3-16(4-2-15)21(27)28/h1-9,13H,10-12H2,(H,23,26)(H,27,28). The number of aromatic carboxylic acids is 1. The Balaban J connectivity index is 1.38. The zero-order valence-corrected chi connectivity index (χ0v) is 16.2. The molecule has 0 radical (unpaired) electrons. The van der Waals surface area contributed by atoms with E-state index in [0.717, 1.165) is 21.7 Å². The number of pyridine rings is 1. The lowest BCUT2D eigenvalue weighted by Gasteiger charge is -2.22. The molecule has 0 aliphatic carbocycles. The van der Waals surface area contributed by atoms with Gasteiger partial charge in [-0.3, -0.25) is 9.78 Å². The first-order valence-corrected chi connectivity index (χ1v) is 9.80. The number of rotatable bonds is 6. The molecule has 2 aromatic heterocycles. The van der Waals surface area contributed by atoms with Crippen molar-refractivity contribution in [2.75, 3.05) is 0 Å². The molecule has 0 atom stereocenters. The average Bonchev–Trinajstić information content (AvgIpc) is 3.17. The first-order chi connectivity index (χ1) is 14.1. The number of carbonyl (C=O) groups is 2. The van der Waals surface area contributed by atoms with Gasteiger partial charge in [0.05, 0.1) is 16.8 Å². The van der Waals surface area contributed by atoms with Crippen LogP contribution < -0.4 is 5.32 Å². The Bertz CT molecular complexity index is 1060. The molecular formula is C21H18N4O3S. The van der Waals surface area contributed by atoms with E-state index in [-0.39, 0.29) is 11.5 Å². The molecule has 1 aromatic carbocycles. The molecule has 8 heteroatoms. The van der Waals surface area contributed by atoms with Gasteiger partial charge < -0.3 is 15.3 Å². The van der Waals surface area contributed by atoms with E-state index in [4.69, 9.17) is 5.11 Å². The highest BCUT2D eigenvalue weighted by atomic mass is 32.1. The molecular weight excluding hydrogens is 388 g/mol. The maximum atomic E-state index is 12.5. The van der Waals surface area contributed by atoms with Crippen LogP contribution in [0.4, 0.5) is 5.00 Å². The summed E-state index contributed by atoms with van der Waals surface area (Å²) >= 11 is 1.38. The molecule has 7 nitrogen and oxygen atoms in total. The van der Waals surface area contributed by atoms with Gasteiger partial charge in [0.15, 0.2) is 0 Å². The van der Waals surface area contributed by atoms with Crippen LogP contribution in [-0.2, 0) is 19.6 Å². The molecule has 3 heterocycles. The molecule has 1 amide bonds. The van der Waals surface area contributed by atoms with Gasteiger partial charge in [-0.25, -0.2) is 9.79 Å². The maximum Gasteiger partial charge on any atom is 0.335 e. The van der Waals surface area contributed by atoms with E-state index in [1.165, 1.54) is 11.3 Å². The fourth-order valence-corrected chi connectivity index (χ4v) is 3.93. The van der Waals surface area contributed by atoms with Gasteiger partial charge in [-0.15, -0.1) is 11.3 Å². The van der Waals surface area contributed by atoms with Crippen LogP contribution in [-0.4, -0.2) is 33.2 Å². The maximum absolute atomic E-state index is 12.5. The fourth-order valence-electron chi connectivity index (χ4n) is 3.00. The Labute approximate surface area is 171 Å². The van der Waals surface area contributed by atoms with Crippen LogP contribution >= 0.6 is 11.3 Å². The molecule has 0 saturated carbocycles. The van der Waals surface area contributed by atoms with Crippen molar-refractivity contribution in [1.29, 1.82) is 0 Å². The van der Waals surface area contributed by atoms with Gasteiger partial charge in [0.2, 0.25) is 0 Å². The van der Waals surface area contributed by atoms with E-state index in [2.05, 4.69) is 15.3 Å². The summed E-state index contributed by atoms with van der Waals surface area (Å²) in [6.45, 7) is 1.71. The molecule has 0 spiro atoms. The van der Waals surface area contributed by atoms with E-state index in [1.54, 1.807) is 43.0 Å². The monoisotopic (exact) mass is 406 g/mol. The van der Waals surface area contributed by atoms with E-state index in [9.17, 15) is 9.59 Å². The SMILES string of the molecule is O=C(O)c1ccc(CN2C=Nc3sc(C(=O)NCc4ccncc4)cc3C2)cc1. The van der Waals surface area contributed by atoms with Crippen molar-refractivity contribution in [3.8, 4) is 0 Å². The fraction of sp³-hybridized carbons (Fsp3) is 0.143. The van der Waals surface area contributed by atoms with E-state index < -0.39 is 5.97 Å². The van der Waals surface area contributed by atoms with Crippen molar-refractivity contribution in [2.45, 2.75) is 19.6 Å². The number of benzene rings is 1. The second-order valence-electron chi connectivity index (χ2n) is 6.63. The number of aliphatic imine (C=N–C) groups is 1. The van der Waals surface area contributed by atoms with Crippen LogP contribution in [0.2, 0.25) is 0 Å². The Hall–Kier alpha value is -3.52. The highest BCUT2D eigenvalue weighted by Gasteiger charge is 2.19. The first kappa shape index (κ1) is 18.8. The third-order valence-corrected chi connectivity index (χ3v) is 5.60. The topological polar surface area (TPSA) is 94.9 Å². The van der Waals surface area contributed by atoms with Gasteiger partial charge in [0, 0.05) is 37.6 Å². The summed E-state index contributed by atoms with van der Waals surface area (Å²) in [7, 11) is 0. The van der Waals surface area contributed by atoms with Crippen LogP contribution in [0.3, 0.4) is 0 Å². The third kappa shape index (κ3) is 4.49. The average molecular weight is 406 g/mol. The predicted octanol–water partition coefficient (Wildman–Crippen LogP) is 3.45. The molecule has 2 N–H and O–H groups in total. The molecule has 0 unspecified atom stereocenters. The van der Waals surface area contributed by atoms with Gasteiger partial charge in [0.1, 0.15) is 5.00 Å². The van der Waals surface area contributed by atoms with Gasteiger partial charge in [0.25, 0.3) is 5.91 Å². The minimum absolute atomic E-state index is 0.118. The molecule has 3 aromatic rings. The summed E-state index contributed by atoms with van der Waals surface area (Å²) in [5.74, 6) is -1.05. The molecule has 1 aliphatic rings. The molecule has 0 saturated heterocycles. The van der Waals surface area contributed by atoms with Crippen LogP contribution in [0.1, 0.15) is 36.7 Å². The minimum Gasteiger partial charge on any atom is -0.478 e. The third-order valence-electron chi connectivity index (χ3n) is 4.51. The summed E-state index contributed by atoms with van der Waals surface area (Å²) in [6.07, 6.45) is 5.16. The second kappa shape index (κ2) is 8.24. The van der Waals surface area contributed by atoms with Crippen molar-refractivity contribution < 1.29 is 14.7 Å². The zero-order valence-electron chi connectivity index (χ0n) is 15.4. The summed E-state index contributed by atoms with van der Waals surface area (Å²) in [4.78, 5) is 34.5. The quantitative estimate of drug-likeness (QED) is 0.654. The van der Waals surface area contributed by atoms with Crippen molar-refractivity contribution >= 4 is 34.6 Å². The van der Waals surface area contributed by atoms with Gasteiger partial charge in [-0.2, -0.15) is 0 Å². The second-order valence-corrected chi connectivity index (χ2v) is 7.66. The van der Waals surface area contributed by atoms with Gasteiger partial charge in [-0.1, -0.05) is 12.1 Å². The highest BCUT2D eigenvalue weighted by Crippen LogP contribution is 2.34. The minimum atomic E-state index is -0.936. The zero-order chi connectivity index (χ0) is 20.2. The molecule has 1 aliphatic heterocycles. The first-order valence-electron chi connectivity index (χ1n) is 8.99. The van der Waals surface area contributed by atoms with Crippen LogP contribution in [0.25, 0.3) is 0 Å². The number of hydrogen-bond acceptors (Lipinski definition) is 6. The smallest absolute Gasteiger partial charge is 0.335 e. The van der Waals surface area contributed by atoms with E-state index in [0.29, 0.717) is 24.5 Å². The number of aromatic nitrogens is 1. The van der Waals surface area contributed by atoms with Crippen molar-refractivity contribution in [2.24, 2.45) is 4.99 Å². The van der Waals surface area contributed by atoms with Crippen LogP contribution in [0.15, 0.2) is 59.9 Å². The number of nitrogens with zero attached hydrogens (tertiary/aromatic N) is 3. The number of carbonyl (C=O) groups excluding carboxylic acids is 1. The predicted molar refractivity (Wildman–Crippen MR) is 111 cm³/mol. The Morgan fingerprint density at radius 2 is 1.86 bits per heavy atom. The lowest BCUT2D eigenvalue weighted by atomic mass is 10.1. The van der Waals surface area contributed by atoms with Gasteiger partial charge in [-0.05, 0) is 41.5 Å².